The van der Waals surface area contributed by atoms with E-state index in [0.29, 0.717) is 6.04 Å². The molecule has 0 amide bonds. The molecule has 6 heteroatoms. The van der Waals surface area contributed by atoms with E-state index in [1.807, 2.05) is 0 Å². The molecule has 0 saturated heterocycles. The van der Waals surface area contributed by atoms with Crippen molar-refractivity contribution in [1.29, 1.82) is 0 Å². The molecule has 1 saturated carbocycles. The monoisotopic (exact) mass is 354 g/mol. The zero-order valence-corrected chi connectivity index (χ0v) is 13.7. The van der Waals surface area contributed by atoms with Gasteiger partial charge in [-0.05, 0) is 40.9 Å². The average Bonchev–Trinajstić information content (AvgIpc) is 3.16. The quantitative estimate of drug-likeness (QED) is 0.637. The molecule has 2 aromatic rings. The van der Waals surface area contributed by atoms with Crippen LogP contribution in [0.4, 0.5) is 0 Å². The Morgan fingerprint density at radius 1 is 1.50 bits per heavy atom. The van der Waals surface area contributed by atoms with Gasteiger partial charge in [0.25, 0.3) is 0 Å². The van der Waals surface area contributed by atoms with Crippen molar-refractivity contribution in [3.05, 3.63) is 38.8 Å². The van der Waals surface area contributed by atoms with Crippen LogP contribution in [-0.2, 0) is 6.42 Å². The largest absolute Gasteiger partial charge is 0.271 e. The van der Waals surface area contributed by atoms with Crippen LogP contribution in [0.3, 0.4) is 0 Å². The third-order valence-corrected chi connectivity index (χ3v) is 5.72. The topological polar surface area (TPSA) is 55.9 Å². The average molecular weight is 355 g/mol. The molecule has 1 aliphatic rings. The minimum Gasteiger partial charge on any atom is -0.271 e. The first-order chi connectivity index (χ1) is 9.76. The molecule has 2 aromatic heterocycles. The van der Waals surface area contributed by atoms with Crippen molar-refractivity contribution in [3.8, 4) is 0 Å². The molecule has 1 atom stereocenters. The van der Waals surface area contributed by atoms with Gasteiger partial charge in [-0.1, -0.05) is 12.8 Å². The molecular weight excluding hydrogens is 336 g/mol. The van der Waals surface area contributed by atoms with Gasteiger partial charge in [0, 0.05) is 27.3 Å². The summed E-state index contributed by atoms with van der Waals surface area (Å²) in [5, 5.41) is 6.81. The van der Waals surface area contributed by atoms with Crippen LogP contribution in [0.2, 0.25) is 0 Å². The van der Waals surface area contributed by atoms with Crippen molar-refractivity contribution < 1.29 is 0 Å². The first-order valence-electron chi connectivity index (χ1n) is 7.00. The predicted octanol–water partition coefficient (Wildman–Crippen LogP) is 3.57. The van der Waals surface area contributed by atoms with E-state index in [0.717, 1.165) is 16.6 Å². The SMILES string of the molecule is NNC(Cc1ccn(C2CCCC2)n1)c1cc(Br)cs1. The van der Waals surface area contributed by atoms with Crippen LogP contribution >= 0.6 is 27.3 Å². The van der Waals surface area contributed by atoms with Crippen molar-refractivity contribution >= 4 is 27.3 Å². The smallest absolute Gasteiger partial charge is 0.0644 e. The van der Waals surface area contributed by atoms with Crippen molar-refractivity contribution in [2.75, 3.05) is 0 Å². The van der Waals surface area contributed by atoms with Gasteiger partial charge in [0.15, 0.2) is 0 Å². The maximum absolute atomic E-state index is 5.70. The number of nitrogens with zero attached hydrogens (tertiary/aromatic N) is 2. The van der Waals surface area contributed by atoms with E-state index in [1.165, 1.54) is 30.6 Å². The lowest BCUT2D eigenvalue weighted by atomic mass is 10.1. The predicted molar refractivity (Wildman–Crippen MR) is 85.5 cm³/mol. The molecule has 0 aromatic carbocycles. The molecule has 0 spiro atoms. The van der Waals surface area contributed by atoms with Gasteiger partial charge in [-0.3, -0.25) is 16.0 Å². The van der Waals surface area contributed by atoms with Gasteiger partial charge < -0.3 is 0 Å². The molecule has 2 heterocycles. The first-order valence-corrected chi connectivity index (χ1v) is 8.67. The number of nitrogens with one attached hydrogen (secondary N) is 1. The fourth-order valence-electron chi connectivity index (χ4n) is 2.82. The summed E-state index contributed by atoms with van der Waals surface area (Å²) in [4.78, 5) is 1.23. The van der Waals surface area contributed by atoms with Gasteiger partial charge in [0.2, 0.25) is 0 Å². The molecule has 3 rings (SSSR count). The highest BCUT2D eigenvalue weighted by Gasteiger charge is 2.19. The zero-order valence-electron chi connectivity index (χ0n) is 11.3. The Morgan fingerprint density at radius 3 is 2.95 bits per heavy atom. The number of hydrogen-bond acceptors (Lipinski definition) is 4. The molecular formula is C14H19BrN4S. The standard InChI is InChI=1S/C14H19BrN4S/c15-10-7-14(20-9-10)13(17-16)8-11-5-6-19(18-11)12-3-1-2-4-12/h5-7,9,12-13,17H,1-4,8,16H2. The van der Waals surface area contributed by atoms with Gasteiger partial charge >= 0.3 is 0 Å². The summed E-state index contributed by atoms with van der Waals surface area (Å²) in [6.45, 7) is 0. The molecule has 4 nitrogen and oxygen atoms in total. The van der Waals surface area contributed by atoms with Gasteiger partial charge in [-0.2, -0.15) is 5.10 Å². The molecule has 3 N–H and O–H groups in total. The van der Waals surface area contributed by atoms with E-state index in [9.17, 15) is 0 Å². The minimum atomic E-state index is 0.123. The second-order valence-corrected chi connectivity index (χ2v) is 7.17. The molecule has 1 fully saturated rings. The maximum Gasteiger partial charge on any atom is 0.0644 e. The number of rotatable bonds is 5. The van der Waals surface area contributed by atoms with Crippen molar-refractivity contribution in [2.24, 2.45) is 5.84 Å². The number of aromatic nitrogens is 2. The Hall–Kier alpha value is -0.690. The van der Waals surface area contributed by atoms with E-state index in [1.54, 1.807) is 11.3 Å². The highest BCUT2D eigenvalue weighted by molar-refractivity contribution is 9.10. The maximum atomic E-state index is 5.70. The van der Waals surface area contributed by atoms with Crippen LogP contribution in [0.15, 0.2) is 28.2 Å². The number of hydrogen-bond donors (Lipinski definition) is 2. The lowest BCUT2D eigenvalue weighted by molar-refractivity contribution is 0.458. The van der Waals surface area contributed by atoms with Crippen molar-refractivity contribution in [3.63, 3.8) is 0 Å². The van der Waals surface area contributed by atoms with Crippen LogP contribution in [-0.4, -0.2) is 9.78 Å². The molecule has 0 aliphatic heterocycles. The normalized spacial score (nSPS) is 17.7. The van der Waals surface area contributed by atoms with E-state index < -0.39 is 0 Å². The summed E-state index contributed by atoms with van der Waals surface area (Å²) in [5.74, 6) is 5.70. The second-order valence-electron chi connectivity index (χ2n) is 5.32. The Bertz CT molecular complexity index is 559. The lowest BCUT2D eigenvalue weighted by Gasteiger charge is -2.13. The summed E-state index contributed by atoms with van der Waals surface area (Å²) < 4.78 is 3.24. The Balaban J connectivity index is 1.69. The molecule has 1 unspecified atom stereocenters. The summed E-state index contributed by atoms with van der Waals surface area (Å²) in [6, 6.07) is 4.95. The number of nitrogens with two attached hydrogens (primary N) is 1. The minimum absolute atomic E-state index is 0.123. The Kier molecular flexibility index (Phi) is 4.55. The third kappa shape index (κ3) is 3.14. The van der Waals surface area contributed by atoms with Gasteiger partial charge in [-0.15, -0.1) is 11.3 Å². The molecule has 1 aliphatic carbocycles. The van der Waals surface area contributed by atoms with Gasteiger partial charge in [0.1, 0.15) is 0 Å². The molecule has 20 heavy (non-hydrogen) atoms. The van der Waals surface area contributed by atoms with Gasteiger partial charge in [0.05, 0.1) is 17.8 Å². The van der Waals surface area contributed by atoms with Crippen LogP contribution < -0.4 is 11.3 Å². The Labute approximate surface area is 131 Å². The van der Waals surface area contributed by atoms with Gasteiger partial charge in [-0.25, -0.2) is 0 Å². The lowest BCUT2D eigenvalue weighted by Crippen LogP contribution is -2.29. The fraction of sp³-hybridized carbons (Fsp3) is 0.500. The highest BCUT2D eigenvalue weighted by Crippen LogP contribution is 2.30. The van der Waals surface area contributed by atoms with Crippen molar-refractivity contribution in [1.82, 2.24) is 15.2 Å². The zero-order chi connectivity index (χ0) is 13.9. The van der Waals surface area contributed by atoms with E-state index in [4.69, 9.17) is 10.9 Å². The summed E-state index contributed by atoms with van der Waals surface area (Å²) in [6.07, 6.45) is 8.12. The number of hydrazine groups is 1. The fourth-order valence-corrected chi connectivity index (χ4v) is 4.33. The van der Waals surface area contributed by atoms with E-state index in [-0.39, 0.29) is 6.04 Å². The second kappa shape index (κ2) is 6.39. The van der Waals surface area contributed by atoms with E-state index in [2.05, 4.69) is 49.7 Å². The van der Waals surface area contributed by atoms with Crippen LogP contribution in [0, 0.1) is 0 Å². The number of halogens is 1. The summed E-state index contributed by atoms with van der Waals surface area (Å²) >= 11 is 5.20. The van der Waals surface area contributed by atoms with E-state index >= 15 is 0 Å². The Morgan fingerprint density at radius 2 is 2.30 bits per heavy atom. The first kappa shape index (κ1) is 14.3. The summed E-state index contributed by atoms with van der Waals surface area (Å²) in [5.41, 5.74) is 4.00. The van der Waals surface area contributed by atoms with Crippen LogP contribution in [0.5, 0.6) is 0 Å². The molecule has 108 valence electrons. The third-order valence-electron chi connectivity index (χ3n) is 3.91. The number of thiophene rings is 1. The molecule has 0 bridgehead atoms. The van der Waals surface area contributed by atoms with Crippen LogP contribution in [0.1, 0.15) is 48.3 Å². The summed E-state index contributed by atoms with van der Waals surface area (Å²) in [7, 11) is 0. The molecule has 0 radical (unpaired) electrons. The van der Waals surface area contributed by atoms with Crippen LogP contribution in [0.25, 0.3) is 0 Å². The van der Waals surface area contributed by atoms with Crippen molar-refractivity contribution in [2.45, 2.75) is 44.2 Å². The highest BCUT2D eigenvalue weighted by atomic mass is 79.9.